The zero-order valence-corrected chi connectivity index (χ0v) is 16.6. The summed E-state index contributed by atoms with van der Waals surface area (Å²) < 4.78 is 18.6. The van der Waals surface area contributed by atoms with Gasteiger partial charge in [0.2, 0.25) is 5.91 Å². The standard InChI is InChI=1S/C22H20FNO4S/c1-2-28-22(27)20-15(17-4-3-9-29-17)10-16-19(21(20)26)14(11-18(25)24-16)12-5-7-13(23)8-6-12/h3-9,14-15,20H,2,10-11H2,1H3,(H,24,25)/t14-,15+,20+/m0/s1. The number of esters is 1. The third-order valence-corrected chi connectivity index (χ3v) is 6.45. The number of hydrogen-bond acceptors (Lipinski definition) is 5. The van der Waals surface area contributed by atoms with Crippen LogP contribution in [-0.4, -0.2) is 24.3 Å². The number of nitrogens with one attached hydrogen (secondary N) is 1. The van der Waals surface area contributed by atoms with Crippen molar-refractivity contribution in [2.45, 2.75) is 31.6 Å². The number of carbonyl (C=O) groups is 3. The second-order valence-electron chi connectivity index (χ2n) is 7.17. The quantitative estimate of drug-likeness (QED) is 0.613. The number of rotatable bonds is 4. The van der Waals surface area contributed by atoms with Gasteiger partial charge in [-0.05, 0) is 42.5 Å². The Hall–Kier alpha value is -2.80. The smallest absolute Gasteiger partial charge is 0.317 e. The maximum Gasteiger partial charge on any atom is 0.317 e. The van der Waals surface area contributed by atoms with Crippen molar-refractivity contribution >= 4 is 29.0 Å². The van der Waals surface area contributed by atoms with E-state index >= 15 is 0 Å². The third kappa shape index (κ3) is 3.62. The van der Waals surface area contributed by atoms with Crippen LogP contribution in [0.15, 0.2) is 53.0 Å². The van der Waals surface area contributed by atoms with Crippen molar-refractivity contribution < 1.29 is 23.5 Å². The summed E-state index contributed by atoms with van der Waals surface area (Å²) >= 11 is 1.47. The van der Waals surface area contributed by atoms with Crippen molar-refractivity contribution in [3.8, 4) is 0 Å². The van der Waals surface area contributed by atoms with E-state index in [9.17, 15) is 18.8 Å². The molecule has 7 heteroatoms. The molecule has 2 aromatic rings. The molecular weight excluding hydrogens is 393 g/mol. The van der Waals surface area contributed by atoms with Crippen LogP contribution >= 0.6 is 11.3 Å². The van der Waals surface area contributed by atoms with Gasteiger partial charge in [-0.1, -0.05) is 18.2 Å². The number of amides is 1. The third-order valence-electron chi connectivity index (χ3n) is 5.45. The Bertz CT molecular complexity index is 981. The molecule has 1 aliphatic heterocycles. The fraction of sp³-hybridized carbons (Fsp3) is 0.318. The highest BCUT2D eigenvalue weighted by Crippen LogP contribution is 2.46. The van der Waals surface area contributed by atoms with Gasteiger partial charge in [0.1, 0.15) is 11.7 Å². The first-order chi connectivity index (χ1) is 14.0. The van der Waals surface area contributed by atoms with E-state index in [0.717, 1.165) is 4.88 Å². The molecule has 1 amide bonds. The number of carbonyl (C=O) groups excluding carboxylic acids is 3. The van der Waals surface area contributed by atoms with Crippen molar-refractivity contribution in [1.29, 1.82) is 0 Å². The first kappa shape index (κ1) is 19.5. The van der Waals surface area contributed by atoms with Crippen LogP contribution in [0.3, 0.4) is 0 Å². The second-order valence-corrected chi connectivity index (χ2v) is 8.15. The van der Waals surface area contributed by atoms with E-state index in [1.807, 2.05) is 17.5 Å². The lowest BCUT2D eigenvalue weighted by molar-refractivity contribution is -0.152. The van der Waals surface area contributed by atoms with Gasteiger partial charge < -0.3 is 10.1 Å². The summed E-state index contributed by atoms with van der Waals surface area (Å²) in [4.78, 5) is 39.6. The van der Waals surface area contributed by atoms with Gasteiger partial charge in [0.15, 0.2) is 5.78 Å². The molecule has 0 unspecified atom stereocenters. The van der Waals surface area contributed by atoms with Gasteiger partial charge in [0.05, 0.1) is 6.61 Å². The number of allylic oxidation sites excluding steroid dienone is 2. The predicted octanol–water partition coefficient (Wildman–Crippen LogP) is 3.68. The molecule has 1 N–H and O–H groups in total. The van der Waals surface area contributed by atoms with Crippen molar-refractivity contribution in [1.82, 2.24) is 5.32 Å². The predicted molar refractivity (Wildman–Crippen MR) is 106 cm³/mol. The molecule has 2 heterocycles. The van der Waals surface area contributed by atoms with Crippen molar-refractivity contribution in [3.05, 3.63) is 69.3 Å². The molecule has 0 saturated carbocycles. The zero-order valence-electron chi connectivity index (χ0n) is 15.8. The van der Waals surface area contributed by atoms with Gasteiger partial charge in [-0.15, -0.1) is 11.3 Å². The van der Waals surface area contributed by atoms with Gasteiger partial charge in [-0.3, -0.25) is 14.4 Å². The van der Waals surface area contributed by atoms with E-state index in [-0.39, 0.29) is 36.5 Å². The highest BCUT2D eigenvalue weighted by Gasteiger charge is 2.47. The lowest BCUT2D eigenvalue weighted by Gasteiger charge is -2.37. The summed E-state index contributed by atoms with van der Waals surface area (Å²) in [5.41, 5.74) is 1.67. The molecule has 0 fully saturated rings. The number of hydrogen-bond donors (Lipinski definition) is 1. The maximum atomic E-state index is 13.6. The molecule has 0 bridgehead atoms. The average molecular weight is 413 g/mol. The summed E-state index contributed by atoms with van der Waals surface area (Å²) in [5, 5.41) is 4.74. The summed E-state index contributed by atoms with van der Waals surface area (Å²) in [5.74, 6) is -3.29. The fourth-order valence-electron chi connectivity index (χ4n) is 4.20. The number of benzene rings is 1. The number of Topliss-reactive ketones (excluding diaryl/α,β-unsaturated/α-hetero) is 1. The van der Waals surface area contributed by atoms with Gasteiger partial charge in [0, 0.05) is 34.4 Å². The zero-order chi connectivity index (χ0) is 20.5. The Kier molecular flexibility index (Phi) is 5.32. The molecule has 3 atom stereocenters. The molecule has 29 heavy (non-hydrogen) atoms. The van der Waals surface area contributed by atoms with E-state index in [1.165, 1.54) is 23.5 Å². The number of thiophene rings is 1. The Morgan fingerprint density at radius 3 is 2.62 bits per heavy atom. The number of ether oxygens (including phenoxy) is 1. The lowest BCUT2D eigenvalue weighted by Crippen LogP contribution is -2.44. The summed E-state index contributed by atoms with van der Waals surface area (Å²) in [7, 11) is 0. The first-order valence-electron chi connectivity index (χ1n) is 9.52. The van der Waals surface area contributed by atoms with Gasteiger partial charge in [0.25, 0.3) is 0 Å². The van der Waals surface area contributed by atoms with E-state index in [4.69, 9.17) is 4.74 Å². The Labute approximate surface area is 171 Å². The van der Waals surface area contributed by atoms with E-state index in [0.29, 0.717) is 23.3 Å². The highest BCUT2D eigenvalue weighted by molar-refractivity contribution is 7.10. The highest BCUT2D eigenvalue weighted by atomic mass is 32.1. The van der Waals surface area contributed by atoms with Crippen LogP contribution in [0.2, 0.25) is 0 Å². The largest absolute Gasteiger partial charge is 0.465 e. The van der Waals surface area contributed by atoms with Crippen LogP contribution in [-0.2, 0) is 19.1 Å². The second kappa shape index (κ2) is 7.91. The number of ketones is 1. The minimum atomic E-state index is -0.953. The molecule has 0 saturated heterocycles. The average Bonchev–Trinajstić information content (AvgIpc) is 3.22. The Morgan fingerprint density at radius 2 is 1.97 bits per heavy atom. The topological polar surface area (TPSA) is 72.5 Å². The fourth-order valence-corrected chi connectivity index (χ4v) is 5.07. The molecule has 0 radical (unpaired) electrons. The minimum absolute atomic E-state index is 0.0788. The van der Waals surface area contributed by atoms with E-state index in [1.54, 1.807) is 19.1 Å². The van der Waals surface area contributed by atoms with Crippen LogP contribution in [0.4, 0.5) is 4.39 Å². The number of halogens is 1. The van der Waals surface area contributed by atoms with Crippen LogP contribution in [0.1, 0.15) is 42.0 Å². The molecule has 2 aliphatic rings. The van der Waals surface area contributed by atoms with Crippen LogP contribution in [0.5, 0.6) is 0 Å². The van der Waals surface area contributed by atoms with Crippen LogP contribution < -0.4 is 5.32 Å². The first-order valence-corrected chi connectivity index (χ1v) is 10.4. The van der Waals surface area contributed by atoms with Crippen LogP contribution in [0, 0.1) is 11.7 Å². The normalized spacial score (nSPS) is 24.1. The van der Waals surface area contributed by atoms with Gasteiger partial charge in [-0.25, -0.2) is 4.39 Å². The van der Waals surface area contributed by atoms with Crippen LogP contribution in [0.25, 0.3) is 0 Å². The monoisotopic (exact) mass is 413 g/mol. The Morgan fingerprint density at radius 1 is 1.21 bits per heavy atom. The van der Waals surface area contributed by atoms with E-state index in [2.05, 4.69) is 5.32 Å². The van der Waals surface area contributed by atoms with Gasteiger partial charge in [-0.2, -0.15) is 0 Å². The van der Waals surface area contributed by atoms with Gasteiger partial charge >= 0.3 is 5.97 Å². The summed E-state index contributed by atoms with van der Waals surface area (Å²) in [6, 6.07) is 9.56. The Balaban J connectivity index is 1.80. The summed E-state index contributed by atoms with van der Waals surface area (Å²) in [6.45, 7) is 1.89. The summed E-state index contributed by atoms with van der Waals surface area (Å²) in [6.07, 6.45) is 0.448. The van der Waals surface area contributed by atoms with Crippen molar-refractivity contribution in [2.24, 2.45) is 5.92 Å². The molecule has 150 valence electrons. The van der Waals surface area contributed by atoms with Crippen molar-refractivity contribution in [3.63, 3.8) is 0 Å². The van der Waals surface area contributed by atoms with Crippen molar-refractivity contribution in [2.75, 3.05) is 6.61 Å². The lowest BCUT2D eigenvalue weighted by atomic mass is 9.69. The molecule has 4 rings (SSSR count). The maximum absolute atomic E-state index is 13.6. The molecular formula is C22H20FNO4S. The molecule has 1 aromatic heterocycles. The van der Waals surface area contributed by atoms with E-state index < -0.39 is 17.8 Å². The molecule has 1 aromatic carbocycles. The SMILES string of the molecule is CCOC(=O)[C@H]1C(=O)C2=C(C[C@@H]1c1cccs1)NC(=O)C[C@H]2c1ccc(F)cc1. The molecule has 5 nitrogen and oxygen atoms in total. The molecule has 0 spiro atoms. The molecule has 1 aliphatic carbocycles. The minimum Gasteiger partial charge on any atom is -0.465 e.